The van der Waals surface area contributed by atoms with E-state index in [1.807, 2.05) is 6.07 Å². The summed E-state index contributed by atoms with van der Waals surface area (Å²) in [4.78, 5) is 11.6. The molecule has 1 aliphatic heterocycles. The summed E-state index contributed by atoms with van der Waals surface area (Å²) in [6.45, 7) is 6.58. The molecule has 0 atom stereocenters. The molecule has 0 aromatic heterocycles. The van der Waals surface area contributed by atoms with E-state index in [4.69, 9.17) is 4.74 Å². The molecule has 0 aliphatic carbocycles. The molecule has 20 heavy (non-hydrogen) atoms. The molecule has 1 amide bonds. The summed E-state index contributed by atoms with van der Waals surface area (Å²) in [6, 6.07) is 4.14. The number of rotatable bonds is 6. The lowest BCUT2D eigenvalue weighted by Gasteiger charge is -2.11. The zero-order valence-electron chi connectivity index (χ0n) is 12.0. The second-order valence-electron chi connectivity index (χ2n) is 5.45. The monoisotopic (exact) mass is 340 g/mol. The molecule has 5 heteroatoms. The van der Waals surface area contributed by atoms with Gasteiger partial charge in [0.1, 0.15) is 5.75 Å². The van der Waals surface area contributed by atoms with Gasteiger partial charge >= 0.3 is 0 Å². The fourth-order valence-corrected chi connectivity index (χ4v) is 2.72. The molecule has 110 valence electrons. The van der Waals surface area contributed by atoms with Crippen molar-refractivity contribution in [3.63, 3.8) is 0 Å². The van der Waals surface area contributed by atoms with Gasteiger partial charge in [-0.05, 0) is 23.6 Å². The average molecular weight is 341 g/mol. The van der Waals surface area contributed by atoms with Crippen LogP contribution < -0.4 is 15.4 Å². The van der Waals surface area contributed by atoms with E-state index in [0.717, 1.165) is 35.4 Å². The summed E-state index contributed by atoms with van der Waals surface area (Å²) in [7, 11) is 0. The van der Waals surface area contributed by atoms with Crippen molar-refractivity contribution in [1.82, 2.24) is 10.6 Å². The van der Waals surface area contributed by atoms with Crippen LogP contribution in [0.3, 0.4) is 0 Å². The van der Waals surface area contributed by atoms with E-state index >= 15 is 0 Å². The van der Waals surface area contributed by atoms with E-state index in [0.29, 0.717) is 19.0 Å². The van der Waals surface area contributed by atoms with Crippen LogP contribution in [0.2, 0.25) is 0 Å². The Labute approximate surface area is 128 Å². The Morgan fingerprint density at radius 2 is 2.25 bits per heavy atom. The van der Waals surface area contributed by atoms with Crippen molar-refractivity contribution in [1.29, 1.82) is 0 Å². The molecule has 1 heterocycles. The van der Waals surface area contributed by atoms with Crippen molar-refractivity contribution in [3.8, 4) is 5.75 Å². The number of benzene rings is 1. The van der Waals surface area contributed by atoms with Gasteiger partial charge in [-0.25, -0.2) is 0 Å². The van der Waals surface area contributed by atoms with E-state index in [-0.39, 0.29) is 5.91 Å². The molecule has 1 aromatic rings. The molecule has 2 rings (SSSR count). The van der Waals surface area contributed by atoms with Crippen LogP contribution in [0.4, 0.5) is 0 Å². The van der Waals surface area contributed by atoms with Gasteiger partial charge in [0, 0.05) is 29.5 Å². The minimum absolute atomic E-state index is 0.0336. The third-order valence-corrected chi connectivity index (χ3v) is 3.59. The van der Waals surface area contributed by atoms with Gasteiger partial charge in [0.15, 0.2) is 0 Å². The molecule has 0 radical (unpaired) electrons. The van der Waals surface area contributed by atoms with Gasteiger partial charge in [-0.3, -0.25) is 4.79 Å². The zero-order valence-corrected chi connectivity index (χ0v) is 13.5. The van der Waals surface area contributed by atoms with Crippen LogP contribution in [-0.4, -0.2) is 25.6 Å². The lowest BCUT2D eigenvalue weighted by molar-refractivity contribution is -0.120. The molecule has 0 fully saturated rings. The zero-order chi connectivity index (χ0) is 14.5. The number of hydrogen-bond donors (Lipinski definition) is 2. The number of amides is 1. The van der Waals surface area contributed by atoms with E-state index in [2.05, 4.69) is 46.5 Å². The maximum atomic E-state index is 11.6. The second kappa shape index (κ2) is 7.09. The van der Waals surface area contributed by atoms with E-state index < -0.39 is 0 Å². The predicted molar refractivity (Wildman–Crippen MR) is 82.9 cm³/mol. The summed E-state index contributed by atoms with van der Waals surface area (Å²) in [5, 5.41) is 6.06. The summed E-state index contributed by atoms with van der Waals surface area (Å²) in [5.74, 6) is 1.48. The van der Waals surface area contributed by atoms with Gasteiger partial charge in [-0.1, -0.05) is 29.8 Å². The molecule has 0 bridgehead atoms. The van der Waals surface area contributed by atoms with Crippen molar-refractivity contribution >= 4 is 21.8 Å². The number of carbonyl (C=O) groups excluding carboxylic acids is 1. The Kier molecular flexibility index (Phi) is 5.43. The molecule has 2 N–H and O–H groups in total. The largest absolute Gasteiger partial charge is 0.493 e. The number of fused-ring (bicyclic) bond motifs is 1. The summed E-state index contributed by atoms with van der Waals surface area (Å²) < 4.78 is 6.72. The molecular weight excluding hydrogens is 320 g/mol. The van der Waals surface area contributed by atoms with Crippen LogP contribution in [0.25, 0.3) is 0 Å². The number of hydrogen-bond acceptors (Lipinski definition) is 3. The average Bonchev–Trinajstić information content (AvgIpc) is 2.84. The Bertz CT molecular complexity index is 489. The molecule has 0 unspecified atom stereocenters. The highest BCUT2D eigenvalue weighted by Gasteiger charge is 2.17. The van der Waals surface area contributed by atoms with E-state index in [1.165, 1.54) is 5.56 Å². The maximum Gasteiger partial charge on any atom is 0.233 e. The smallest absolute Gasteiger partial charge is 0.233 e. The number of carbonyl (C=O) groups is 1. The molecule has 1 aromatic carbocycles. The maximum absolute atomic E-state index is 11.6. The van der Waals surface area contributed by atoms with Crippen molar-refractivity contribution in [3.05, 3.63) is 27.7 Å². The van der Waals surface area contributed by atoms with Crippen LogP contribution >= 0.6 is 15.9 Å². The molecule has 1 aliphatic rings. The quantitative estimate of drug-likeness (QED) is 0.834. The fraction of sp³-hybridized carbons (Fsp3) is 0.533. The normalized spacial score (nSPS) is 13.2. The lowest BCUT2D eigenvalue weighted by Crippen LogP contribution is -2.35. The van der Waals surface area contributed by atoms with E-state index in [9.17, 15) is 4.79 Å². The third kappa shape index (κ3) is 4.21. The molecular formula is C15H21BrN2O2. The first-order valence-corrected chi connectivity index (χ1v) is 7.77. The molecule has 0 spiro atoms. The minimum atomic E-state index is 0.0336. The number of nitrogens with one attached hydrogen (secondary N) is 2. The minimum Gasteiger partial charge on any atom is -0.493 e. The molecule has 4 nitrogen and oxygen atoms in total. The SMILES string of the molecule is CC(C)CNC(=O)CNCc1cc(Br)cc2c1OCC2. The Morgan fingerprint density at radius 1 is 1.45 bits per heavy atom. The highest BCUT2D eigenvalue weighted by atomic mass is 79.9. The van der Waals surface area contributed by atoms with Gasteiger partial charge in [0.05, 0.1) is 13.2 Å². The van der Waals surface area contributed by atoms with Gasteiger partial charge < -0.3 is 15.4 Å². The van der Waals surface area contributed by atoms with Crippen molar-refractivity contribution in [2.24, 2.45) is 5.92 Å². The molecule has 0 saturated heterocycles. The van der Waals surface area contributed by atoms with Crippen molar-refractivity contribution in [2.75, 3.05) is 19.7 Å². The fourth-order valence-electron chi connectivity index (χ4n) is 2.17. The first-order chi connectivity index (χ1) is 9.56. The third-order valence-electron chi connectivity index (χ3n) is 3.13. The summed E-state index contributed by atoms with van der Waals surface area (Å²) in [5.41, 5.74) is 2.34. The van der Waals surface area contributed by atoms with Crippen LogP contribution in [0.5, 0.6) is 5.75 Å². The van der Waals surface area contributed by atoms with Crippen LogP contribution in [0, 0.1) is 5.92 Å². The number of ether oxygens (including phenoxy) is 1. The van der Waals surface area contributed by atoms with Crippen molar-refractivity contribution in [2.45, 2.75) is 26.8 Å². The first-order valence-electron chi connectivity index (χ1n) is 6.97. The van der Waals surface area contributed by atoms with Gasteiger partial charge in [-0.15, -0.1) is 0 Å². The summed E-state index contributed by atoms with van der Waals surface area (Å²) >= 11 is 3.51. The predicted octanol–water partition coefficient (Wildman–Crippen LogP) is 2.25. The van der Waals surface area contributed by atoms with Crippen LogP contribution in [0.15, 0.2) is 16.6 Å². The van der Waals surface area contributed by atoms with Crippen LogP contribution in [0.1, 0.15) is 25.0 Å². The standard InChI is InChI=1S/C15H21BrN2O2/c1-10(2)7-18-14(19)9-17-8-12-6-13(16)5-11-3-4-20-15(11)12/h5-6,10,17H,3-4,7-9H2,1-2H3,(H,18,19). The topological polar surface area (TPSA) is 50.4 Å². The highest BCUT2D eigenvalue weighted by Crippen LogP contribution is 2.32. The lowest BCUT2D eigenvalue weighted by atomic mass is 10.1. The Balaban J connectivity index is 1.84. The van der Waals surface area contributed by atoms with Gasteiger partial charge in [0.2, 0.25) is 5.91 Å². The Hall–Kier alpha value is -1.07. The number of halogens is 1. The van der Waals surface area contributed by atoms with Gasteiger partial charge in [-0.2, -0.15) is 0 Å². The van der Waals surface area contributed by atoms with Crippen molar-refractivity contribution < 1.29 is 9.53 Å². The first kappa shape index (κ1) is 15.3. The van der Waals surface area contributed by atoms with E-state index in [1.54, 1.807) is 0 Å². The molecule has 0 saturated carbocycles. The van der Waals surface area contributed by atoms with Crippen LogP contribution in [-0.2, 0) is 17.8 Å². The van der Waals surface area contributed by atoms with Gasteiger partial charge in [0.25, 0.3) is 0 Å². The second-order valence-corrected chi connectivity index (χ2v) is 6.37. The Morgan fingerprint density at radius 3 is 3.00 bits per heavy atom. The summed E-state index contributed by atoms with van der Waals surface area (Å²) in [6.07, 6.45) is 0.955. The highest BCUT2D eigenvalue weighted by molar-refractivity contribution is 9.10.